The quantitative estimate of drug-likeness (QED) is 0.497. The predicted molar refractivity (Wildman–Crippen MR) is 98.4 cm³/mol. The molecule has 16 heteroatoms. The summed E-state index contributed by atoms with van der Waals surface area (Å²) in [5, 5.41) is 6.38. The predicted octanol–water partition coefficient (Wildman–Crippen LogP) is 1.96. The zero-order valence-electron chi connectivity index (χ0n) is 15.8. The first-order valence-corrected chi connectivity index (χ1v) is 8.75. The SMILES string of the molecule is O=C(Nc1cn2c(n1)CNCC2)C(F)(F)F.O=C(Nc1cn2ccncc2n1)C(F)(F)F.[HH]. The number of carbonyl (C=O) groups excluding carboxylic acids is 2. The molecule has 4 heterocycles. The highest BCUT2D eigenvalue weighted by Gasteiger charge is 2.39. The number of hydrogen-bond donors (Lipinski definition) is 3. The third-order valence-electron chi connectivity index (χ3n) is 3.93. The van der Waals surface area contributed by atoms with Crippen LogP contribution in [0.25, 0.3) is 5.65 Å². The van der Waals surface area contributed by atoms with Gasteiger partial charge in [-0.3, -0.25) is 14.6 Å². The van der Waals surface area contributed by atoms with Crippen molar-refractivity contribution in [2.24, 2.45) is 0 Å². The van der Waals surface area contributed by atoms with Gasteiger partial charge in [-0.05, 0) is 0 Å². The molecule has 1 aliphatic rings. The lowest BCUT2D eigenvalue weighted by molar-refractivity contribution is -0.167. The third-order valence-corrected chi connectivity index (χ3v) is 3.93. The van der Waals surface area contributed by atoms with E-state index >= 15 is 0 Å². The second-order valence-corrected chi connectivity index (χ2v) is 6.28. The highest BCUT2D eigenvalue weighted by molar-refractivity contribution is 5.94. The molecule has 174 valence electrons. The molecule has 32 heavy (non-hydrogen) atoms. The summed E-state index contributed by atoms with van der Waals surface area (Å²) in [7, 11) is 0. The molecule has 0 fully saturated rings. The Bertz CT molecular complexity index is 1070. The van der Waals surface area contributed by atoms with Gasteiger partial charge in [0.1, 0.15) is 5.82 Å². The lowest BCUT2D eigenvalue weighted by Gasteiger charge is -2.13. The van der Waals surface area contributed by atoms with Crippen molar-refractivity contribution < 1.29 is 37.4 Å². The lowest BCUT2D eigenvalue weighted by atomic mass is 10.4. The van der Waals surface area contributed by atoms with Crippen molar-refractivity contribution in [2.45, 2.75) is 25.4 Å². The Morgan fingerprint density at radius 3 is 2.19 bits per heavy atom. The second kappa shape index (κ2) is 8.81. The summed E-state index contributed by atoms with van der Waals surface area (Å²) in [4.78, 5) is 32.6. The molecule has 2 amide bonds. The van der Waals surface area contributed by atoms with E-state index in [1.807, 2.05) is 0 Å². The molecular weight excluding hydrogens is 450 g/mol. The first-order chi connectivity index (χ1) is 14.9. The molecule has 4 rings (SSSR count). The zero-order valence-corrected chi connectivity index (χ0v) is 15.8. The van der Waals surface area contributed by atoms with Crippen LogP contribution in [0.5, 0.6) is 0 Å². The van der Waals surface area contributed by atoms with E-state index in [4.69, 9.17) is 0 Å². The van der Waals surface area contributed by atoms with Crippen molar-refractivity contribution in [1.82, 2.24) is 29.2 Å². The highest BCUT2D eigenvalue weighted by atomic mass is 19.4. The first kappa shape index (κ1) is 23.0. The first-order valence-electron chi connectivity index (χ1n) is 8.75. The van der Waals surface area contributed by atoms with Gasteiger partial charge in [0.2, 0.25) is 0 Å². The zero-order chi connectivity index (χ0) is 23.5. The van der Waals surface area contributed by atoms with E-state index < -0.39 is 24.2 Å². The number of imidazole rings is 2. The number of alkyl halides is 6. The van der Waals surface area contributed by atoms with E-state index in [-0.39, 0.29) is 13.1 Å². The maximum Gasteiger partial charge on any atom is 0.471 e. The number of fused-ring (bicyclic) bond motifs is 2. The number of hydrogen-bond acceptors (Lipinski definition) is 6. The molecule has 0 atom stereocenters. The highest BCUT2D eigenvalue weighted by Crippen LogP contribution is 2.19. The monoisotopic (exact) mass is 466 g/mol. The number of nitrogens with one attached hydrogen (secondary N) is 3. The smallest absolute Gasteiger partial charge is 0.330 e. The van der Waals surface area contributed by atoms with Crippen LogP contribution in [0, 0.1) is 0 Å². The topological polar surface area (TPSA) is 118 Å². The molecule has 0 radical (unpaired) electrons. The molecule has 0 saturated heterocycles. The summed E-state index contributed by atoms with van der Waals surface area (Å²) in [6, 6.07) is 0. The molecule has 1 aliphatic heterocycles. The Labute approximate surface area is 176 Å². The van der Waals surface area contributed by atoms with Crippen LogP contribution >= 0.6 is 0 Å². The Kier molecular flexibility index (Phi) is 6.33. The van der Waals surface area contributed by atoms with Crippen LogP contribution in [0.15, 0.2) is 31.0 Å². The van der Waals surface area contributed by atoms with Crippen molar-refractivity contribution in [3.8, 4) is 0 Å². The van der Waals surface area contributed by atoms with Gasteiger partial charge in [0.25, 0.3) is 0 Å². The summed E-state index contributed by atoms with van der Waals surface area (Å²) in [5.74, 6) is -3.68. The average molecular weight is 466 g/mol. The van der Waals surface area contributed by atoms with Gasteiger partial charge in [-0.2, -0.15) is 26.3 Å². The van der Waals surface area contributed by atoms with Crippen molar-refractivity contribution in [1.29, 1.82) is 0 Å². The van der Waals surface area contributed by atoms with E-state index in [0.29, 0.717) is 24.6 Å². The van der Waals surface area contributed by atoms with Crippen molar-refractivity contribution in [2.75, 3.05) is 17.2 Å². The molecule has 10 nitrogen and oxygen atoms in total. The molecule has 0 aliphatic carbocycles. The van der Waals surface area contributed by atoms with Crippen molar-refractivity contribution in [3.63, 3.8) is 0 Å². The minimum Gasteiger partial charge on any atom is -0.330 e. The molecule has 3 aromatic heterocycles. The number of anilines is 2. The van der Waals surface area contributed by atoms with E-state index in [0.717, 1.165) is 6.54 Å². The number of rotatable bonds is 2. The number of aromatic nitrogens is 5. The third kappa shape index (κ3) is 5.71. The molecule has 0 spiro atoms. The summed E-state index contributed by atoms with van der Waals surface area (Å²) < 4.78 is 74.8. The maximum atomic E-state index is 12.0. The van der Waals surface area contributed by atoms with Gasteiger partial charge in [0, 0.05) is 33.1 Å². The van der Waals surface area contributed by atoms with Crippen LogP contribution in [-0.2, 0) is 22.7 Å². The number of carbonyl (C=O) groups is 2. The van der Waals surface area contributed by atoms with Crippen molar-refractivity contribution in [3.05, 3.63) is 36.8 Å². The minimum atomic E-state index is -4.92. The maximum absolute atomic E-state index is 12.0. The Morgan fingerprint density at radius 1 is 1.00 bits per heavy atom. The van der Waals surface area contributed by atoms with Gasteiger partial charge in [0.05, 0.1) is 18.9 Å². The average Bonchev–Trinajstić information content (AvgIpc) is 3.29. The number of nitrogens with zero attached hydrogens (tertiary/aromatic N) is 5. The van der Waals surface area contributed by atoms with Gasteiger partial charge in [-0.1, -0.05) is 0 Å². The molecule has 0 aromatic carbocycles. The van der Waals surface area contributed by atoms with Crippen LogP contribution in [-0.4, -0.2) is 54.6 Å². The van der Waals surface area contributed by atoms with Gasteiger partial charge in [-0.15, -0.1) is 0 Å². The van der Waals surface area contributed by atoms with Crippen LogP contribution in [0.4, 0.5) is 38.0 Å². The molecule has 0 bridgehead atoms. The van der Waals surface area contributed by atoms with Gasteiger partial charge < -0.3 is 24.9 Å². The largest absolute Gasteiger partial charge is 0.471 e. The fourth-order valence-electron chi connectivity index (χ4n) is 2.53. The summed E-state index contributed by atoms with van der Waals surface area (Å²) in [6.45, 7) is 1.85. The second-order valence-electron chi connectivity index (χ2n) is 6.28. The lowest BCUT2D eigenvalue weighted by Crippen LogP contribution is -2.30. The molecule has 3 N–H and O–H groups in total. The molecular formula is C16H16F6N8O2. The Balaban J connectivity index is 0.000000227. The van der Waals surface area contributed by atoms with E-state index in [1.165, 1.54) is 35.4 Å². The van der Waals surface area contributed by atoms with E-state index in [2.05, 4.69) is 20.3 Å². The van der Waals surface area contributed by atoms with Crippen LogP contribution in [0.2, 0.25) is 0 Å². The summed E-state index contributed by atoms with van der Waals surface area (Å²) in [5.41, 5.74) is 0.347. The Hall–Kier alpha value is -3.69. The number of halogens is 6. The number of amides is 2. The van der Waals surface area contributed by atoms with Crippen LogP contribution < -0.4 is 16.0 Å². The molecule has 0 saturated carbocycles. The molecule has 0 unspecified atom stereocenters. The summed E-state index contributed by atoms with van der Waals surface area (Å²) >= 11 is 0. The van der Waals surface area contributed by atoms with Gasteiger partial charge in [-0.25, -0.2) is 9.97 Å². The van der Waals surface area contributed by atoms with E-state index in [1.54, 1.807) is 15.2 Å². The summed E-state index contributed by atoms with van der Waals surface area (Å²) in [6.07, 6.45) is -2.82. The van der Waals surface area contributed by atoms with Gasteiger partial charge in [0.15, 0.2) is 17.3 Å². The fourth-order valence-corrected chi connectivity index (χ4v) is 2.53. The van der Waals surface area contributed by atoms with Gasteiger partial charge >= 0.3 is 24.2 Å². The minimum absolute atomic E-state index is 0. The van der Waals surface area contributed by atoms with Crippen LogP contribution in [0.3, 0.4) is 0 Å². The van der Waals surface area contributed by atoms with Crippen LogP contribution in [0.1, 0.15) is 7.25 Å². The Morgan fingerprint density at radius 2 is 1.62 bits per heavy atom. The molecule has 3 aromatic rings. The van der Waals surface area contributed by atoms with Crippen molar-refractivity contribution >= 4 is 29.1 Å². The standard InChI is InChI=1S/C8H9F3N4O.C8H5F3N4O.H2/c2*9-8(10,11)7(16)14-5-4-15-2-1-12-3-6(15)13-5;/h4,12H,1-3H2,(H,14,16);1-4H,(H,14,16);1H. The normalized spacial score (nSPS) is 13.7. The fraction of sp³-hybridized carbons (Fsp3) is 0.312. The van der Waals surface area contributed by atoms with E-state index in [9.17, 15) is 35.9 Å².